The summed E-state index contributed by atoms with van der Waals surface area (Å²) >= 11 is 0. The molecule has 2 unspecified atom stereocenters. The Morgan fingerprint density at radius 2 is 1.09 bits per heavy atom. The third-order valence-corrected chi connectivity index (χ3v) is 13.4. The molecule has 2 aromatic heterocycles. The standard InChI is InChI=1S/C17H26FN.C17H28N2.C16H27N3/c1-12(2)14-7-9-19(10-8-14)15-5-6-16(13(3)4)17(18)11-15;1-12(2)15-6-8-19(9-7-15)17-14(5)10-16(11-18-17)13(3)4;1-11(2)14-8-17-16(18-9-14)19-7-6-15(12(3)4)13(5)10-19/h5-6,11-14H,7-10H2,1-4H3;10-13,15H,6-9H2,1-5H3;8-9,11-13,15H,6-7,10H2,1-5H3. The minimum Gasteiger partial charge on any atom is -0.371 e. The largest absolute Gasteiger partial charge is 0.371 e. The van der Waals surface area contributed by atoms with Crippen molar-refractivity contribution in [1.82, 2.24) is 15.0 Å². The summed E-state index contributed by atoms with van der Waals surface area (Å²) in [5.74, 6) is 9.01. The highest BCUT2D eigenvalue weighted by Crippen LogP contribution is 2.33. The Kier molecular flexibility index (Phi) is 17.7. The first kappa shape index (κ1) is 46.5. The van der Waals surface area contributed by atoms with Gasteiger partial charge in [0.05, 0.1) is 0 Å². The van der Waals surface area contributed by atoms with Crippen LogP contribution in [0, 0.1) is 54.2 Å². The average Bonchev–Trinajstić information content (AvgIpc) is 3.18. The van der Waals surface area contributed by atoms with Crippen molar-refractivity contribution in [3.05, 3.63) is 70.9 Å². The normalized spacial score (nSPS) is 19.8. The molecule has 0 amide bonds. The van der Waals surface area contributed by atoms with Crippen LogP contribution >= 0.6 is 0 Å². The Morgan fingerprint density at radius 3 is 1.53 bits per heavy atom. The van der Waals surface area contributed by atoms with Gasteiger partial charge in [-0.1, -0.05) is 102 Å². The Labute approximate surface area is 348 Å². The van der Waals surface area contributed by atoms with Crippen molar-refractivity contribution in [2.75, 3.05) is 54.0 Å². The molecule has 2 atom stereocenters. The van der Waals surface area contributed by atoms with Gasteiger partial charge in [0.15, 0.2) is 0 Å². The molecule has 1 aromatic carbocycles. The second-order valence-electron chi connectivity index (χ2n) is 19.7. The van der Waals surface area contributed by atoms with E-state index in [1.165, 1.54) is 54.6 Å². The molecule has 3 aromatic rings. The first-order valence-electron chi connectivity index (χ1n) is 22.8. The van der Waals surface area contributed by atoms with Gasteiger partial charge in [-0.3, -0.25) is 0 Å². The third-order valence-electron chi connectivity index (χ3n) is 13.4. The van der Waals surface area contributed by atoms with E-state index in [1.807, 2.05) is 32.3 Å². The summed E-state index contributed by atoms with van der Waals surface area (Å²) in [4.78, 5) is 20.9. The topological polar surface area (TPSA) is 48.4 Å². The van der Waals surface area contributed by atoms with Crippen LogP contribution in [0.15, 0.2) is 42.9 Å². The van der Waals surface area contributed by atoms with Gasteiger partial charge in [0.1, 0.15) is 11.6 Å². The van der Waals surface area contributed by atoms with Crippen LogP contribution in [0.5, 0.6) is 0 Å². The zero-order chi connectivity index (χ0) is 42.0. The van der Waals surface area contributed by atoms with Crippen LogP contribution in [0.25, 0.3) is 0 Å². The lowest BCUT2D eigenvalue weighted by Crippen LogP contribution is -2.41. The third kappa shape index (κ3) is 13.1. The van der Waals surface area contributed by atoms with Crippen molar-refractivity contribution in [3.8, 4) is 0 Å². The van der Waals surface area contributed by atoms with Gasteiger partial charge in [0.2, 0.25) is 5.95 Å². The number of nitrogens with zero attached hydrogens (tertiary/aromatic N) is 6. The van der Waals surface area contributed by atoms with Crippen LogP contribution < -0.4 is 14.7 Å². The molecule has 3 fully saturated rings. The smallest absolute Gasteiger partial charge is 0.225 e. The van der Waals surface area contributed by atoms with E-state index in [0.29, 0.717) is 11.8 Å². The lowest BCUT2D eigenvalue weighted by Gasteiger charge is -2.38. The van der Waals surface area contributed by atoms with Crippen molar-refractivity contribution in [1.29, 1.82) is 0 Å². The fourth-order valence-electron chi connectivity index (χ4n) is 9.15. The molecule has 3 aliphatic rings. The molecule has 0 bridgehead atoms. The van der Waals surface area contributed by atoms with Crippen LogP contribution in [0.4, 0.5) is 21.8 Å². The van der Waals surface area contributed by atoms with Gasteiger partial charge in [-0.15, -0.1) is 0 Å². The zero-order valence-corrected chi connectivity index (χ0v) is 38.7. The molecule has 5 heterocycles. The predicted octanol–water partition coefficient (Wildman–Crippen LogP) is 12.9. The highest BCUT2D eigenvalue weighted by molar-refractivity contribution is 5.49. The first-order chi connectivity index (χ1) is 27.0. The van der Waals surface area contributed by atoms with E-state index in [2.05, 4.69) is 126 Å². The molecule has 0 radical (unpaired) electrons. The van der Waals surface area contributed by atoms with Crippen LogP contribution in [0.2, 0.25) is 0 Å². The SMILES string of the molecule is CC(C)c1ccc(N2CCC(C(C)C)CC2)cc1F.CC(C)c1cnc(N2CCC(C(C)C)C(C)C2)nc1.Cc1cc(C(C)C)cnc1N1CCC(C(C)C)CC1. The van der Waals surface area contributed by atoms with Gasteiger partial charge in [-0.25, -0.2) is 19.3 Å². The number of hydrogen-bond donors (Lipinski definition) is 0. The van der Waals surface area contributed by atoms with E-state index in [0.717, 1.165) is 97.9 Å². The highest BCUT2D eigenvalue weighted by atomic mass is 19.1. The van der Waals surface area contributed by atoms with Crippen molar-refractivity contribution in [2.45, 2.75) is 147 Å². The number of rotatable bonds is 9. The molecule has 318 valence electrons. The molecule has 0 N–H and O–H groups in total. The van der Waals surface area contributed by atoms with Crippen molar-refractivity contribution < 1.29 is 4.39 Å². The maximum atomic E-state index is 14.0. The van der Waals surface area contributed by atoms with Crippen LogP contribution in [0.3, 0.4) is 0 Å². The van der Waals surface area contributed by atoms with E-state index in [9.17, 15) is 4.39 Å². The molecule has 6 rings (SSSR count). The molecular weight excluding hydrogens is 704 g/mol. The molecule has 3 saturated heterocycles. The molecule has 7 heteroatoms. The zero-order valence-electron chi connectivity index (χ0n) is 38.7. The number of piperidine rings is 3. The number of halogens is 1. The molecule has 0 spiro atoms. The van der Waals surface area contributed by atoms with Gasteiger partial charge in [-0.05, 0) is 133 Å². The van der Waals surface area contributed by atoms with E-state index in [1.54, 1.807) is 6.07 Å². The Hall–Kier alpha value is -3.22. The molecule has 6 nitrogen and oxygen atoms in total. The molecule has 0 aliphatic carbocycles. The van der Waals surface area contributed by atoms with Gasteiger partial charge in [-0.2, -0.15) is 0 Å². The molecule has 57 heavy (non-hydrogen) atoms. The molecular formula is C50H81FN6. The lowest BCUT2D eigenvalue weighted by molar-refractivity contribution is 0.227. The van der Waals surface area contributed by atoms with E-state index in [4.69, 9.17) is 4.98 Å². The maximum absolute atomic E-state index is 14.0. The quantitative estimate of drug-likeness (QED) is 0.215. The van der Waals surface area contributed by atoms with Crippen molar-refractivity contribution in [2.24, 2.45) is 41.4 Å². The number of anilines is 3. The summed E-state index contributed by atoms with van der Waals surface area (Å²) in [5.41, 5.74) is 5.76. The van der Waals surface area contributed by atoms with Crippen LogP contribution in [0.1, 0.15) is 162 Å². The van der Waals surface area contributed by atoms with E-state index >= 15 is 0 Å². The summed E-state index contributed by atoms with van der Waals surface area (Å²) in [6, 6.07) is 8.05. The maximum Gasteiger partial charge on any atom is 0.225 e. The summed E-state index contributed by atoms with van der Waals surface area (Å²) in [7, 11) is 0. The van der Waals surface area contributed by atoms with Gasteiger partial charge >= 0.3 is 0 Å². The predicted molar refractivity (Wildman–Crippen MR) is 244 cm³/mol. The lowest BCUT2D eigenvalue weighted by atomic mass is 9.79. The molecule has 3 aliphatic heterocycles. The highest BCUT2D eigenvalue weighted by Gasteiger charge is 2.29. The minimum absolute atomic E-state index is 0.0570. The number of aromatic nitrogens is 3. The van der Waals surface area contributed by atoms with E-state index in [-0.39, 0.29) is 11.7 Å². The van der Waals surface area contributed by atoms with Gasteiger partial charge < -0.3 is 14.7 Å². The molecule has 0 saturated carbocycles. The monoisotopic (exact) mass is 785 g/mol. The number of aryl methyl sites for hydroxylation is 1. The Bertz CT molecular complexity index is 1620. The fraction of sp³-hybridized carbons (Fsp3) is 0.700. The van der Waals surface area contributed by atoms with Crippen LogP contribution in [-0.2, 0) is 0 Å². The van der Waals surface area contributed by atoms with Crippen molar-refractivity contribution >= 4 is 17.5 Å². The van der Waals surface area contributed by atoms with Crippen LogP contribution in [-0.4, -0.2) is 54.2 Å². The second kappa shape index (κ2) is 21.7. The van der Waals surface area contributed by atoms with Gasteiger partial charge in [0.25, 0.3) is 0 Å². The summed E-state index contributed by atoms with van der Waals surface area (Å²) in [5, 5.41) is 0. The van der Waals surface area contributed by atoms with Crippen molar-refractivity contribution in [3.63, 3.8) is 0 Å². The fourth-order valence-corrected chi connectivity index (χ4v) is 9.15. The Morgan fingerprint density at radius 1 is 0.579 bits per heavy atom. The van der Waals surface area contributed by atoms with E-state index < -0.39 is 0 Å². The summed E-state index contributed by atoms with van der Waals surface area (Å²) in [6.45, 7) is 38.0. The number of hydrogen-bond acceptors (Lipinski definition) is 6. The number of pyridine rings is 1. The first-order valence-corrected chi connectivity index (χ1v) is 22.8. The second-order valence-corrected chi connectivity index (χ2v) is 19.7. The summed E-state index contributed by atoms with van der Waals surface area (Å²) in [6.07, 6.45) is 12.3. The Balaban J connectivity index is 0.000000189. The minimum atomic E-state index is -0.0570. The number of benzene rings is 1. The summed E-state index contributed by atoms with van der Waals surface area (Å²) < 4.78 is 14.0. The van der Waals surface area contributed by atoms with Gasteiger partial charge in [0, 0.05) is 63.5 Å². The average molecular weight is 785 g/mol.